The molecule has 3 aliphatic heterocycles. The quantitative estimate of drug-likeness (QED) is 0.165. The highest BCUT2D eigenvalue weighted by Crippen LogP contribution is 2.40. The molecule has 0 unspecified atom stereocenters. The van der Waals surface area contributed by atoms with Crippen molar-refractivity contribution in [3.8, 4) is 22.6 Å². The second kappa shape index (κ2) is 16.3. The molecule has 0 aromatic heterocycles. The van der Waals surface area contributed by atoms with Gasteiger partial charge < -0.3 is 28.4 Å². The van der Waals surface area contributed by atoms with Crippen molar-refractivity contribution in [1.29, 1.82) is 0 Å². The number of benzene rings is 2. The number of Topliss-reactive ketones (excluding diaryl/α,β-unsaturated/α-hetero) is 2. The van der Waals surface area contributed by atoms with E-state index in [0.717, 1.165) is 0 Å². The lowest BCUT2D eigenvalue weighted by atomic mass is 9.96. The van der Waals surface area contributed by atoms with E-state index in [1.54, 1.807) is 77.9 Å². The third-order valence-electron chi connectivity index (χ3n) is 9.13. The van der Waals surface area contributed by atoms with Gasteiger partial charge in [-0.05, 0) is 91.5 Å². The molecule has 3 heterocycles. The van der Waals surface area contributed by atoms with E-state index in [1.807, 2.05) is 13.8 Å². The van der Waals surface area contributed by atoms with Gasteiger partial charge in [-0.2, -0.15) is 0 Å². The first-order chi connectivity index (χ1) is 25.7. The first-order valence-electron chi connectivity index (χ1n) is 18.6. The maximum atomic E-state index is 13.3. The first-order valence-corrected chi connectivity index (χ1v) is 18.6. The van der Waals surface area contributed by atoms with E-state index in [9.17, 15) is 28.8 Å². The molecule has 55 heavy (non-hydrogen) atoms. The summed E-state index contributed by atoms with van der Waals surface area (Å²) in [5.41, 5.74) is -0.212. The van der Waals surface area contributed by atoms with E-state index >= 15 is 0 Å². The number of likely N-dealkylation sites (tertiary alicyclic amines) is 2. The Morgan fingerprint density at radius 2 is 1.04 bits per heavy atom. The molecule has 0 bridgehead atoms. The zero-order valence-corrected chi connectivity index (χ0v) is 33.0. The molecule has 0 aliphatic carbocycles. The third kappa shape index (κ3) is 10.5. The minimum Gasteiger partial charge on any atom is -0.492 e. The van der Waals surface area contributed by atoms with Crippen LogP contribution in [0.3, 0.4) is 0 Å². The number of carbonyl (C=O) groups excluding carboxylic acids is 6. The van der Waals surface area contributed by atoms with Crippen molar-refractivity contribution in [2.24, 2.45) is 5.41 Å². The van der Waals surface area contributed by atoms with Gasteiger partial charge in [0.2, 0.25) is 0 Å². The van der Waals surface area contributed by atoms with Crippen LogP contribution in [0.25, 0.3) is 11.1 Å². The first kappa shape index (κ1) is 41.0. The van der Waals surface area contributed by atoms with Crippen molar-refractivity contribution in [1.82, 2.24) is 9.80 Å². The fourth-order valence-electron chi connectivity index (χ4n) is 6.40. The summed E-state index contributed by atoms with van der Waals surface area (Å²) < 4.78 is 34.1. The molecule has 0 spiro atoms. The topological polar surface area (TPSA) is 164 Å². The standard InChI is InChI=1S/C41H52N2O12/c1-39(2,3)54-37(48)42-17-9-11-29(42)35(46)50-21-31(44)25-13-15-27-28-16-14-26(20-34(28)53-24-41(7,8)23-52-33(27)19-25)32(45)22-51-36(47)30-12-10-18-43(30)38(49)55-40(4,5)6/h13-16,19-20,29-30H,9-12,17-18,21-24H2,1-8H3/t29-,30-/m0/s1. The van der Waals surface area contributed by atoms with E-state index in [1.165, 1.54) is 9.80 Å². The molecule has 298 valence electrons. The van der Waals surface area contributed by atoms with Gasteiger partial charge in [-0.15, -0.1) is 0 Å². The molecule has 14 nitrogen and oxygen atoms in total. The molecule has 2 atom stereocenters. The zero-order valence-electron chi connectivity index (χ0n) is 33.0. The summed E-state index contributed by atoms with van der Waals surface area (Å²) in [6, 6.07) is 8.08. The van der Waals surface area contributed by atoms with Crippen LogP contribution in [0, 0.1) is 5.41 Å². The smallest absolute Gasteiger partial charge is 0.411 e. The van der Waals surface area contributed by atoms with E-state index in [-0.39, 0.29) is 24.3 Å². The lowest BCUT2D eigenvalue weighted by Crippen LogP contribution is -2.44. The number of carbonyl (C=O) groups is 6. The summed E-state index contributed by atoms with van der Waals surface area (Å²) in [5, 5.41) is 0. The van der Waals surface area contributed by atoms with Gasteiger partial charge >= 0.3 is 24.1 Å². The van der Waals surface area contributed by atoms with Gasteiger partial charge in [-0.3, -0.25) is 19.4 Å². The maximum absolute atomic E-state index is 13.3. The normalized spacial score (nSPS) is 19.3. The molecule has 0 saturated carbocycles. The molecular weight excluding hydrogens is 712 g/mol. The summed E-state index contributed by atoms with van der Waals surface area (Å²) >= 11 is 0. The number of amides is 2. The van der Waals surface area contributed by atoms with Crippen molar-refractivity contribution < 1.29 is 57.2 Å². The van der Waals surface area contributed by atoms with E-state index in [0.29, 0.717) is 61.4 Å². The number of ketones is 2. The average molecular weight is 765 g/mol. The molecule has 2 fully saturated rings. The van der Waals surface area contributed by atoms with Crippen LogP contribution in [0.5, 0.6) is 11.5 Å². The lowest BCUT2D eigenvalue weighted by molar-refractivity contribution is -0.148. The van der Waals surface area contributed by atoms with E-state index in [2.05, 4.69) is 0 Å². The molecule has 2 saturated heterocycles. The predicted octanol–water partition coefficient (Wildman–Crippen LogP) is 6.40. The number of nitrogens with zero attached hydrogens (tertiary/aromatic N) is 2. The molecule has 0 N–H and O–H groups in total. The van der Waals surface area contributed by atoms with Crippen LogP contribution in [0.1, 0.15) is 102 Å². The Hall–Kier alpha value is -5.14. The highest BCUT2D eigenvalue weighted by atomic mass is 16.6. The molecule has 0 radical (unpaired) electrons. The Morgan fingerprint density at radius 1 is 0.655 bits per heavy atom. The summed E-state index contributed by atoms with van der Waals surface area (Å²) in [7, 11) is 0. The number of hydrogen-bond donors (Lipinski definition) is 0. The number of rotatable bonds is 8. The monoisotopic (exact) mass is 764 g/mol. The van der Waals surface area contributed by atoms with E-state index in [4.69, 9.17) is 28.4 Å². The molecule has 5 rings (SSSR count). The Kier molecular flexibility index (Phi) is 12.2. The third-order valence-corrected chi connectivity index (χ3v) is 9.13. The summed E-state index contributed by atoms with van der Waals surface area (Å²) in [6.45, 7) is 14.5. The fourth-order valence-corrected chi connectivity index (χ4v) is 6.40. The van der Waals surface area contributed by atoms with Crippen LogP contribution in [0.2, 0.25) is 0 Å². The van der Waals surface area contributed by atoms with Crippen LogP contribution < -0.4 is 9.47 Å². The Labute approximate surface area is 321 Å². The second-order valence-electron chi connectivity index (χ2n) is 16.9. The molecule has 14 heteroatoms. The highest BCUT2D eigenvalue weighted by molar-refractivity contribution is 6.01. The molecular formula is C41H52N2O12. The van der Waals surface area contributed by atoms with Crippen molar-refractivity contribution in [2.75, 3.05) is 39.5 Å². The lowest BCUT2D eigenvalue weighted by Gasteiger charge is -2.27. The minimum atomic E-state index is -0.838. The summed E-state index contributed by atoms with van der Waals surface area (Å²) in [5.74, 6) is -1.49. The van der Waals surface area contributed by atoms with Gasteiger partial charge in [0.25, 0.3) is 0 Å². The van der Waals surface area contributed by atoms with Crippen molar-refractivity contribution in [3.63, 3.8) is 0 Å². The SMILES string of the molecule is CC1(C)COc2cc(C(=O)COC(=O)[C@@H]3CCCN3C(=O)OC(C)(C)C)ccc2-c2ccc(C(=O)COC(=O)[C@@H]3CCCN3C(=O)OC(C)(C)C)cc2OC1. The van der Waals surface area contributed by atoms with E-state index < -0.39 is 77.6 Å². The Bertz CT molecular complexity index is 1690. The van der Waals surface area contributed by atoms with Gasteiger partial charge in [0.05, 0.1) is 13.2 Å². The van der Waals surface area contributed by atoms with Gasteiger partial charge in [0, 0.05) is 40.8 Å². The van der Waals surface area contributed by atoms with Crippen LogP contribution >= 0.6 is 0 Å². The summed E-state index contributed by atoms with van der Waals surface area (Å²) in [4.78, 5) is 80.6. The summed E-state index contributed by atoms with van der Waals surface area (Å²) in [6.07, 6.45) is 0.820. The average Bonchev–Trinajstić information content (AvgIpc) is 3.81. The molecule has 3 aliphatic rings. The Balaban J connectivity index is 1.27. The minimum absolute atomic E-state index is 0.242. The van der Waals surface area contributed by atoms with Crippen molar-refractivity contribution in [2.45, 2.75) is 104 Å². The van der Waals surface area contributed by atoms with Crippen molar-refractivity contribution >= 4 is 35.7 Å². The highest BCUT2D eigenvalue weighted by Gasteiger charge is 2.39. The van der Waals surface area contributed by atoms with Gasteiger partial charge in [-0.25, -0.2) is 19.2 Å². The number of ether oxygens (including phenoxy) is 6. The zero-order chi connectivity index (χ0) is 40.3. The van der Waals surface area contributed by atoms with Crippen molar-refractivity contribution in [3.05, 3.63) is 47.5 Å². The fraction of sp³-hybridized carbons (Fsp3) is 0.561. The number of hydrogen-bond acceptors (Lipinski definition) is 12. The number of fused-ring (bicyclic) bond motifs is 3. The van der Waals surface area contributed by atoms with Crippen LogP contribution in [-0.2, 0) is 28.5 Å². The van der Waals surface area contributed by atoms with Crippen LogP contribution in [0.4, 0.5) is 9.59 Å². The maximum Gasteiger partial charge on any atom is 0.411 e. The van der Waals surface area contributed by atoms with Crippen LogP contribution in [0.15, 0.2) is 36.4 Å². The predicted molar refractivity (Wildman–Crippen MR) is 199 cm³/mol. The largest absolute Gasteiger partial charge is 0.492 e. The van der Waals surface area contributed by atoms with Gasteiger partial charge in [-0.1, -0.05) is 26.0 Å². The van der Waals surface area contributed by atoms with Gasteiger partial charge in [0.1, 0.15) is 34.8 Å². The second-order valence-corrected chi connectivity index (χ2v) is 16.9. The van der Waals surface area contributed by atoms with Crippen LogP contribution in [-0.4, -0.2) is 108 Å². The Morgan fingerprint density at radius 3 is 1.40 bits per heavy atom. The number of esters is 2. The van der Waals surface area contributed by atoms with Gasteiger partial charge in [0.15, 0.2) is 24.8 Å². The molecule has 2 aromatic rings. The molecule has 2 amide bonds. The molecule has 2 aromatic carbocycles.